The van der Waals surface area contributed by atoms with Crippen molar-refractivity contribution in [3.05, 3.63) is 11.4 Å². The molecule has 0 amide bonds. The summed E-state index contributed by atoms with van der Waals surface area (Å²) < 4.78 is 27.2. The predicted octanol–water partition coefficient (Wildman–Crippen LogP) is 2.41. The summed E-state index contributed by atoms with van der Waals surface area (Å²) >= 11 is 5.79. The van der Waals surface area contributed by atoms with Crippen molar-refractivity contribution in [2.45, 2.75) is 56.3 Å². The lowest BCUT2D eigenvalue weighted by Gasteiger charge is -2.26. The normalized spacial score (nSPS) is 22.4. The number of hydrogen-bond donors (Lipinski definition) is 1. The smallest absolute Gasteiger partial charge is 0.247 e. The number of H-pyrrole nitrogens is 1. The van der Waals surface area contributed by atoms with E-state index in [0.29, 0.717) is 17.9 Å². The van der Waals surface area contributed by atoms with Crippen LogP contribution < -0.4 is 0 Å². The highest BCUT2D eigenvalue weighted by Crippen LogP contribution is 2.28. The van der Waals surface area contributed by atoms with E-state index in [1.54, 1.807) is 11.2 Å². The maximum atomic E-state index is 12.8. The van der Waals surface area contributed by atoms with Crippen LogP contribution in [0.3, 0.4) is 0 Å². The molecule has 0 bridgehead atoms. The highest BCUT2D eigenvalue weighted by Gasteiger charge is 2.34. The largest absolute Gasteiger partial charge is 0.281 e. The molecule has 1 saturated heterocycles. The molecule has 0 aromatic carbocycles. The number of sulfonamides is 1. The van der Waals surface area contributed by atoms with Crippen LogP contribution in [0.4, 0.5) is 0 Å². The first-order valence-corrected chi connectivity index (χ1v) is 8.57. The molecular formula is C12H20ClN3O2S. The lowest BCUT2D eigenvalue weighted by Crippen LogP contribution is -2.38. The molecule has 2 rings (SSSR count). The van der Waals surface area contributed by atoms with Crippen LogP contribution >= 0.6 is 11.6 Å². The minimum atomic E-state index is -3.51. The minimum Gasteiger partial charge on any atom is -0.281 e. The number of rotatable bonds is 3. The van der Waals surface area contributed by atoms with Crippen LogP contribution in [-0.2, 0) is 15.9 Å². The Labute approximate surface area is 119 Å². The van der Waals surface area contributed by atoms with Crippen LogP contribution in [0.2, 0.25) is 0 Å². The standard InChI is InChI=1S/C12H20ClN3O2S/c1-9-6-4-3-5-7-16(9)19(17,18)12-10(2)14-15-11(12)8-13/h9H,3-8H2,1-2H3,(H,14,15). The summed E-state index contributed by atoms with van der Waals surface area (Å²) in [4.78, 5) is 0.260. The Balaban J connectivity index is 2.43. The highest BCUT2D eigenvalue weighted by molar-refractivity contribution is 7.89. The van der Waals surface area contributed by atoms with E-state index in [0.717, 1.165) is 25.7 Å². The highest BCUT2D eigenvalue weighted by atomic mass is 35.5. The van der Waals surface area contributed by atoms with Gasteiger partial charge in [0.15, 0.2) is 0 Å². The summed E-state index contributed by atoms with van der Waals surface area (Å²) in [6, 6.07) is 0.0324. The molecule has 0 aliphatic carbocycles. The van der Waals surface area contributed by atoms with Gasteiger partial charge in [-0.05, 0) is 26.7 Å². The van der Waals surface area contributed by atoms with E-state index in [4.69, 9.17) is 11.6 Å². The Morgan fingerprint density at radius 2 is 2.16 bits per heavy atom. The SMILES string of the molecule is Cc1[nH]nc(CCl)c1S(=O)(=O)N1CCCCCC1C. The zero-order chi connectivity index (χ0) is 14.0. The van der Waals surface area contributed by atoms with E-state index in [1.807, 2.05) is 6.92 Å². The van der Waals surface area contributed by atoms with Gasteiger partial charge in [-0.1, -0.05) is 12.8 Å². The third kappa shape index (κ3) is 2.80. The Kier molecular flexibility index (Phi) is 4.53. The Morgan fingerprint density at radius 3 is 2.84 bits per heavy atom. The van der Waals surface area contributed by atoms with Crippen molar-refractivity contribution < 1.29 is 8.42 Å². The monoisotopic (exact) mass is 305 g/mol. The van der Waals surface area contributed by atoms with Crippen LogP contribution in [-0.4, -0.2) is 35.5 Å². The molecule has 5 nitrogen and oxygen atoms in total. The van der Waals surface area contributed by atoms with Gasteiger partial charge in [0.1, 0.15) is 4.90 Å². The Hall–Kier alpha value is -0.590. The first-order valence-electron chi connectivity index (χ1n) is 6.60. The van der Waals surface area contributed by atoms with Gasteiger partial charge < -0.3 is 0 Å². The molecule has 108 valence electrons. The molecule has 1 atom stereocenters. The molecule has 1 aromatic rings. The van der Waals surface area contributed by atoms with E-state index in [9.17, 15) is 8.42 Å². The fourth-order valence-corrected chi connectivity index (χ4v) is 4.93. The van der Waals surface area contributed by atoms with Gasteiger partial charge in [-0.3, -0.25) is 5.10 Å². The molecule has 1 N–H and O–H groups in total. The number of aromatic nitrogens is 2. The molecule has 0 spiro atoms. The summed E-state index contributed by atoms with van der Waals surface area (Å²) in [5, 5.41) is 6.70. The van der Waals surface area contributed by atoms with Gasteiger partial charge in [0.05, 0.1) is 17.3 Å². The fourth-order valence-electron chi connectivity index (χ4n) is 2.63. The maximum Gasteiger partial charge on any atom is 0.247 e. The van der Waals surface area contributed by atoms with Crippen LogP contribution in [0.5, 0.6) is 0 Å². The zero-order valence-corrected chi connectivity index (χ0v) is 12.9. The summed E-state index contributed by atoms with van der Waals surface area (Å²) in [5.74, 6) is 0.0983. The number of halogens is 1. The molecule has 1 aliphatic heterocycles. The van der Waals surface area contributed by atoms with E-state index in [-0.39, 0.29) is 16.8 Å². The number of nitrogens with one attached hydrogen (secondary N) is 1. The second-order valence-electron chi connectivity index (χ2n) is 5.07. The van der Waals surface area contributed by atoms with Crippen LogP contribution in [0.15, 0.2) is 4.90 Å². The second kappa shape index (κ2) is 5.81. The van der Waals surface area contributed by atoms with Crippen molar-refractivity contribution in [3.8, 4) is 0 Å². The molecule has 19 heavy (non-hydrogen) atoms. The summed E-state index contributed by atoms with van der Waals surface area (Å²) in [6.07, 6.45) is 3.99. The van der Waals surface area contributed by atoms with E-state index in [2.05, 4.69) is 10.2 Å². The molecule has 1 fully saturated rings. The van der Waals surface area contributed by atoms with Crippen molar-refractivity contribution in [3.63, 3.8) is 0 Å². The number of hydrogen-bond acceptors (Lipinski definition) is 3. The maximum absolute atomic E-state index is 12.8. The molecule has 1 unspecified atom stereocenters. The Bertz CT molecular complexity index is 541. The van der Waals surface area contributed by atoms with Gasteiger partial charge in [-0.15, -0.1) is 11.6 Å². The molecule has 0 radical (unpaired) electrons. The van der Waals surface area contributed by atoms with Crippen LogP contribution in [0.25, 0.3) is 0 Å². The van der Waals surface area contributed by atoms with Crippen molar-refractivity contribution in [2.24, 2.45) is 0 Å². The second-order valence-corrected chi connectivity index (χ2v) is 7.17. The summed E-state index contributed by atoms with van der Waals surface area (Å²) in [5.41, 5.74) is 0.975. The Morgan fingerprint density at radius 1 is 1.42 bits per heavy atom. The van der Waals surface area contributed by atoms with Gasteiger partial charge >= 0.3 is 0 Å². The average Bonchev–Trinajstić information content (AvgIpc) is 2.60. The first-order chi connectivity index (χ1) is 8.98. The van der Waals surface area contributed by atoms with Gasteiger partial charge in [0.25, 0.3) is 0 Å². The van der Waals surface area contributed by atoms with Crippen LogP contribution in [0.1, 0.15) is 44.0 Å². The molecule has 0 saturated carbocycles. The number of aryl methyl sites for hydroxylation is 1. The topological polar surface area (TPSA) is 66.1 Å². The quantitative estimate of drug-likeness (QED) is 0.872. The lowest BCUT2D eigenvalue weighted by atomic mass is 10.1. The third-order valence-electron chi connectivity index (χ3n) is 3.65. The molecule has 1 aliphatic rings. The van der Waals surface area contributed by atoms with Crippen LogP contribution in [0, 0.1) is 6.92 Å². The molecule has 1 aromatic heterocycles. The minimum absolute atomic E-state index is 0.0324. The van der Waals surface area contributed by atoms with Crippen molar-refractivity contribution in [1.82, 2.24) is 14.5 Å². The molecular weight excluding hydrogens is 286 g/mol. The van der Waals surface area contributed by atoms with E-state index < -0.39 is 10.0 Å². The fraction of sp³-hybridized carbons (Fsp3) is 0.750. The number of aromatic amines is 1. The van der Waals surface area contributed by atoms with E-state index >= 15 is 0 Å². The zero-order valence-electron chi connectivity index (χ0n) is 11.3. The van der Waals surface area contributed by atoms with Crippen molar-refractivity contribution in [2.75, 3.05) is 6.54 Å². The number of nitrogens with zero attached hydrogens (tertiary/aromatic N) is 2. The molecule has 2 heterocycles. The van der Waals surface area contributed by atoms with Gasteiger partial charge in [0.2, 0.25) is 10.0 Å². The van der Waals surface area contributed by atoms with Gasteiger partial charge in [-0.25, -0.2) is 8.42 Å². The molecule has 7 heteroatoms. The van der Waals surface area contributed by atoms with Gasteiger partial charge in [0, 0.05) is 12.6 Å². The number of alkyl halides is 1. The lowest BCUT2D eigenvalue weighted by molar-refractivity contribution is 0.341. The van der Waals surface area contributed by atoms with Gasteiger partial charge in [-0.2, -0.15) is 9.40 Å². The summed E-state index contributed by atoms with van der Waals surface area (Å²) in [7, 11) is -3.51. The van der Waals surface area contributed by atoms with Crippen molar-refractivity contribution >= 4 is 21.6 Å². The predicted molar refractivity (Wildman–Crippen MR) is 74.7 cm³/mol. The first kappa shape index (κ1) is 14.8. The summed E-state index contributed by atoms with van der Waals surface area (Å²) in [6.45, 7) is 4.27. The average molecular weight is 306 g/mol. The van der Waals surface area contributed by atoms with E-state index in [1.165, 1.54) is 0 Å². The van der Waals surface area contributed by atoms with Crippen molar-refractivity contribution in [1.29, 1.82) is 0 Å². The third-order valence-corrected chi connectivity index (χ3v) is 6.12.